The Labute approximate surface area is 159 Å². The number of nitrogens with one attached hydrogen (secondary N) is 1. The van der Waals surface area contributed by atoms with Crippen LogP contribution in [0.4, 0.5) is 4.39 Å². The molecule has 1 aliphatic heterocycles. The molecule has 27 heavy (non-hydrogen) atoms. The van der Waals surface area contributed by atoms with Gasteiger partial charge < -0.3 is 14.8 Å². The van der Waals surface area contributed by atoms with Crippen LogP contribution in [0.15, 0.2) is 54.6 Å². The average Bonchev–Trinajstić information content (AvgIpc) is 2.73. The van der Waals surface area contributed by atoms with E-state index in [-0.39, 0.29) is 17.1 Å². The van der Waals surface area contributed by atoms with Crippen LogP contribution in [-0.2, 0) is 14.9 Å². The summed E-state index contributed by atoms with van der Waals surface area (Å²) in [4.78, 5) is 12.7. The lowest BCUT2D eigenvalue weighted by atomic mass is 9.74. The predicted octanol–water partition coefficient (Wildman–Crippen LogP) is 3.85. The lowest BCUT2D eigenvalue weighted by molar-refractivity contribution is -0.128. The highest BCUT2D eigenvalue weighted by Gasteiger charge is 2.35. The van der Waals surface area contributed by atoms with Crippen molar-refractivity contribution < 1.29 is 18.7 Å². The van der Waals surface area contributed by atoms with Gasteiger partial charge in [0.25, 0.3) is 5.91 Å². The van der Waals surface area contributed by atoms with E-state index < -0.39 is 11.9 Å². The number of benzene rings is 2. The monoisotopic (exact) mass is 371 g/mol. The summed E-state index contributed by atoms with van der Waals surface area (Å²) < 4.78 is 25.0. The summed E-state index contributed by atoms with van der Waals surface area (Å²) in [6.45, 7) is 3.71. The molecule has 0 radical (unpaired) electrons. The van der Waals surface area contributed by atoms with Gasteiger partial charge in [-0.15, -0.1) is 0 Å². The van der Waals surface area contributed by atoms with E-state index in [0.717, 1.165) is 12.8 Å². The van der Waals surface area contributed by atoms with Crippen LogP contribution in [0, 0.1) is 5.82 Å². The third-order valence-corrected chi connectivity index (χ3v) is 5.21. The number of carbonyl (C=O) groups is 1. The van der Waals surface area contributed by atoms with Gasteiger partial charge in [0.15, 0.2) is 17.7 Å². The van der Waals surface area contributed by atoms with Gasteiger partial charge >= 0.3 is 0 Å². The van der Waals surface area contributed by atoms with Crippen LogP contribution in [0.1, 0.15) is 31.7 Å². The Morgan fingerprint density at radius 2 is 1.81 bits per heavy atom. The van der Waals surface area contributed by atoms with Crippen LogP contribution >= 0.6 is 0 Å². The molecule has 3 rings (SSSR count). The second kappa shape index (κ2) is 9.00. The maximum Gasteiger partial charge on any atom is 0.261 e. The predicted molar refractivity (Wildman–Crippen MR) is 102 cm³/mol. The molecule has 1 N–H and O–H groups in total. The molecule has 1 saturated heterocycles. The van der Waals surface area contributed by atoms with Crippen molar-refractivity contribution >= 4 is 5.91 Å². The Hall–Kier alpha value is -2.40. The van der Waals surface area contributed by atoms with E-state index in [1.54, 1.807) is 12.1 Å². The van der Waals surface area contributed by atoms with Crippen LogP contribution in [0.5, 0.6) is 5.75 Å². The van der Waals surface area contributed by atoms with Crippen LogP contribution in [0.2, 0.25) is 0 Å². The van der Waals surface area contributed by atoms with Crippen molar-refractivity contribution in [1.82, 2.24) is 5.32 Å². The number of hydrogen-bond donors (Lipinski definition) is 1. The summed E-state index contributed by atoms with van der Waals surface area (Å²) >= 11 is 0. The zero-order chi connectivity index (χ0) is 19.1. The molecule has 0 unspecified atom stereocenters. The minimum atomic E-state index is -0.727. The Balaban J connectivity index is 1.69. The van der Waals surface area contributed by atoms with Crippen LogP contribution in [-0.4, -0.2) is 31.8 Å². The van der Waals surface area contributed by atoms with Gasteiger partial charge in [-0.2, -0.15) is 0 Å². The van der Waals surface area contributed by atoms with Crippen LogP contribution < -0.4 is 10.1 Å². The molecule has 1 amide bonds. The zero-order valence-electron chi connectivity index (χ0n) is 15.6. The molecule has 1 aliphatic rings. The molecule has 0 aromatic heterocycles. The van der Waals surface area contributed by atoms with Crippen LogP contribution in [0.25, 0.3) is 0 Å². The second-order valence-electron chi connectivity index (χ2n) is 6.92. The van der Waals surface area contributed by atoms with E-state index in [1.807, 2.05) is 25.1 Å². The van der Waals surface area contributed by atoms with Gasteiger partial charge in [-0.05, 0) is 37.0 Å². The minimum Gasteiger partial charge on any atom is -0.478 e. The largest absolute Gasteiger partial charge is 0.478 e. The number of halogens is 1. The van der Waals surface area contributed by atoms with E-state index >= 15 is 0 Å². The Kier molecular flexibility index (Phi) is 6.45. The Morgan fingerprint density at radius 1 is 1.15 bits per heavy atom. The molecule has 2 aromatic carbocycles. The number of rotatable bonds is 7. The quantitative estimate of drug-likeness (QED) is 0.804. The Bertz CT molecular complexity index is 744. The lowest BCUT2D eigenvalue weighted by Crippen LogP contribution is -2.48. The minimum absolute atomic E-state index is 0.100. The van der Waals surface area contributed by atoms with Gasteiger partial charge in [0.2, 0.25) is 0 Å². The van der Waals surface area contributed by atoms with E-state index in [1.165, 1.54) is 17.7 Å². The van der Waals surface area contributed by atoms with Crippen LogP contribution in [0.3, 0.4) is 0 Å². The standard InChI is InChI=1S/C22H26FNO3/c1-2-19(27-20-11-7-6-10-18(20)23)21(25)24-16-22(12-14-26-15-13-22)17-8-4-3-5-9-17/h3-11,19H,2,12-16H2,1H3,(H,24,25)/t19-/m1/s1. The average molecular weight is 371 g/mol. The highest BCUT2D eigenvalue weighted by Crippen LogP contribution is 2.34. The molecular formula is C22H26FNO3. The molecule has 0 spiro atoms. The first-order valence-electron chi connectivity index (χ1n) is 9.47. The summed E-state index contributed by atoms with van der Waals surface area (Å²) in [5, 5.41) is 3.04. The molecule has 1 heterocycles. The Morgan fingerprint density at radius 3 is 2.48 bits per heavy atom. The van der Waals surface area contributed by atoms with E-state index in [2.05, 4.69) is 17.4 Å². The van der Waals surface area contributed by atoms with Gasteiger partial charge in [-0.25, -0.2) is 4.39 Å². The number of para-hydroxylation sites is 1. The van der Waals surface area contributed by atoms with Crippen molar-refractivity contribution in [3.8, 4) is 5.75 Å². The topological polar surface area (TPSA) is 47.6 Å². The normalized spacial score (nSPS) is 17.1. The third kappa shape index (κ3) is 4.66. The first kappa shape index (κ1) is 19.4. The molecule has 5 heteroatoms. The molecule has 0 saturated carbocycles. The zero-order valence-corrected chi connectivity index (χ0v) is 15.6. The highest BCUT2D eigenvalue weighted by atomic mass is 19.1. The molecule has 1 fully saturated rings. The van der Waals surface area contributed by atoms with Gasteiger partial charge in [-0.3, -0.25) is 4.79 Å². The maximum atomic E-state index is 13.8. The molecule has 144 valence electrons. The molecule has 0 bridgehead atoms. The smallest absolute Gasteiger partial charge is 0.261 e. The first-order chi connectivity index (χ1) is 13.1. The number of ether oxygens (including phenoxy) is 2. The highest BCUT2D eigenvalue weighted by molar-refractivity contribution is 5.81. The third-order valence-electron chi connectivity index (χ3n) is 5.21. The van der Waals surface area contributed by atoms with Gasteiger partial charge in [-0.1, -0.05) is 49.4 Å². The molecule has 0 aliphatic carbocycles. The summed E-state index contributed by atoms with van der Waals surface area (Å²) in [5.74, 6) is -0.583. The molecule has 1 atom stereocenters. The number of hydrogen-bond acceptors (Lipinski definition) is 3. The van der Waals surface area contributed by atoms with Gasteiger partial charge in [0.1, 0.15) is 0 Å². The SMILES string of the molecule is CC[C@@H](Oc1ccccc1F)C(=O)NCC1(c2ccccc2)CCOCC1. The number of carbonyl (C=O) groups excluding carboxylic acids is 1. The first-order valence-corrected chi connectivity index (χ1v) is 9.47. The van der Waals surface area contributed by atoms with Crippen molar-refractivity contribution in [2.45, 2.75) is 37.7 Å². The second-order valence-corrected chi connectivity index (χ2v) is 6.92. The van der Waals surface area contributed by atoms with Crippen molar-refractivity contribution in [3.05, 3.63) is 66.0 Å². The van der Waals surface area contributed by atoms with Gasteiger partial charge in [0.05, 0.1) is 0 Å². The van der Waals surface area contributed by atoms with E-state index in [0.29, 0.717) is 26.2 Å². The van der Waals surface area contributed by atoms with Crippen molar-refractivity contribution in [3.63, 3.8) is 0 Å². The fraction of sp³-hybridized carbons (Fsp3) is 0.409. The molecule has 4 nitrogen and oxygen atoms in total. The summed E-state index contributed by atoms with van der Waals surface area (Å²) in [6, 6.07) is 16.4. The summed E-state index contributed by atoms with van der Waals surface area (Å²) in [5.41, 5.74) is 1.06. The fourth-order valence-corrected chi connectivity index (χ4v) is 3.51. The van der Waals surface area contributed by atoms with Gasteiger partial charge in [0, 0.05) is 25.2 Å². The lowest BCUT2D eigenvalue weighted by Gasteiger charge is -2.38. The number of amides is 1. The summed E-state index contributed by atoms with van der Waals surface area (Å²) in [7, 11) is 0. The van der Waals surface area contributed by atoms with Crippen molar-refractivity contribution in [2.75, 3.05) is 19.8 Å². The molecular weight excluding hydrogens is 345 g/mol. The van der Waals surface area contributed by atoms with E-state index in [4.69, 9.17) is 9.47 Å². The van der Waals surface area contributed by atoms with Crippen molar-refractivity contribution in [1.29, 1.82) is 0 Å². The van der Waals surface area contributed by atoms with E-state index in [9.17, 15) is 9.18 Å². The maximum absolute atomic E-state index is 13.8. The summed E-state index contributed by atoms with van der Waals surface area (Å²) in [6.07, 6.45) is 1.43. The molecule has 2 aromatic rings. The van der Waals surface area contributed by atoms with Crippen molar-refractivity contribution in [2.24, 2.45) is 0 Å². The fourth-order valence-electron chi connectivity index (χ4n) is 3.51.